The van der Waals surface area contributed by atoms with Gasteiger partial charge >= 0.3 is 0 Å². The average Bonchev–Trinajstić information content (AvgIpc) is 2.47. The lowest BCUT2D eigenvalue weighted by molar-refractivity contribution is -0.142. The Morgan fingerprint density at radius 3 is 2.32 bits per heavy atom. The van der Waals surface area contributed by atoms with E-state index in [2.05, 4.69) is 4.98 Å². The molecule has 1 aromatic carbocycles. The van der Waals surface area contributed by atoms with Crippen LogP contribution in [0.4, 0.5) is 0 Å². The third-order valence-electron chi connectivity index (χ3n) is 3.10. The minimum Gasteiger partial charge on any atom is -0.367 e. The number of aromatic nitrogens is 1. The summed E-state index contributed by atoms with van der Waals surface area (Å²) in [6, 6.07) is 11.4. The van der Waals surface area contributed by atoms with Gasteiger partial charge in [-0.05, 0) is 30.2 Å². The number of rotatable bonds is 6. The molecule has 0 aliphatic carbocycles. The summed E-state index contributed by atoms with van der Waals surface area (Å²) >= 11 is 0. The number of nitrogens with two attached hydrogens (primary N) is 2. The molecule has 0 spiro atoms. The van der Waals surface area contributed by atoms with Crippen molar-refractivity contribution in [1.82, 2.24) is 4.98 Å². The van der Waals surface area contributed by atoms with E-state index in [1.807, 2.05) is 43.3 Å². The lowest BCUT2D eigenvalue weighted by Crippen LogP contribution is -2.42. The molecule has 0 aliphatic rings. The summed E-state index contributed by atoms with van der Waals surface area (Å²) in [5, 5.41) is 0. The predicted octanol–water partition coefficient (Wildman–Crippen LogP) is 0.913. The molecule has 0 fully saturated rings. The lowest BCUT2D eigenvalue weighted by Gasteiger charge is -2.11. The molecule has 4 N–H and O–H groups in total. The van der Waals surface area contributed by atoms with Crippen LogP contribution in [0.25, 0.3) is 11.3 Å². The molecule has 2 aromatic rings. The average molecular weight is 299 g/mol. The minimum atomic E-state index is -1.42. The number of hydrogen-bond acceptors (Lipinski definition) is 4. The fraction of sp³-hybridized carbons (Fsp3) is 0.188. The number of pyridine rings is 1. The molecular weight excluding hydrogens is 282 g/mol. The molecule has 6 nitrogen and oxygen atoms in total. The van der Waals surface area contributed by atoms with Gasteiger partial charge in [-0.15, -0.1) is 0 Å². The van der Waals surface area contributed by atoms with E-state index in [1.54, 1.807) is 6.20 Å². The van der Waals surface area contributed by atoms with Gasteiger partial charge in [0.1, 0.15) is 0 Å². The fourth-order valence-corrected chi connectivity index (χ4v) is 1.95. The fourth-order valence-electron chi connectivity index (χ4n) is 1.95. The molecule has 2 rings (SSSR count). The van der Waals surface area contributed by atoms with Crippen LogP contribution in [0.3, 0.4) is 0 Å². The standard InChI is InChI=1S/C16H17N3O3/c1-10-6-7-19-13(8-10)12-4-2-11(3-5-12)9-22-14(15(17)20)16(18)21/h2-8,14H,9H2,1H3,(H2,17,20)(H2,18,21). The molecule has 0 saturated carbocycles. The number of primary amides is 2. The van der Waals surface area contributed by atoms with Crippen molar-refractivity contribution >= 4 is 11.8 Å². The van der Waals surface area contributed by atoms with E-state index in [4.69, 9.17) is 16.2 Å². The zero-order chi connectivity index (χ0) is 16.1. The van der Waals surface area contributed by atoms with E-state index in [-0.39, 0.29) is 6.61 Å². The summed E-state index contributed by atoms with van der Waals surface area (Å²) in [6.07, 6.45) is 0.338. The second-order valence-electron chi connectivity index (χ2n) is 4.91. The first kappa shape index (κ1) is 15.7. The number of benzene rings is 1. The Labute approximate surface area is 128 Å². The largest absolute Gasteiger partial charge is 0.367 e. The Morgan fingerprint density at radius 1 is 1.14 bits per heavy atom. The van der Waals surface area contributed by atoms with Crippen LogP contribution in [0, 0.1) is 6.92 Å². The summed E-state index contributed by atoms with van der Waals surface area (Å²) in [5.74, 6) is -1.79. The number of carbonyl (C=O) groups excluding carboxylic acids is 2. The van der Waals surface area contributed by atoms with E-state index >= 15 is 0 Å². The number of amides is 2. The molecule has 0 unspecified atom stereocenters. The first-order valence-corrected chi connectivity index (χ1v) is 6.69. The summed E-state index contributed by atoms with van der Waals surface area (Å²) < 4.78 is 5.15. The molecule has 0 radical (unpaired) electrons. The molecule has 114 valence electrons. The van der Waals surface area contributed by atoms with Gasteiger partial charge in [0, 0.05) is 11.8 Å². The van der Waals surface area contributed by atoms with Crippen LogP contribution in [-0.2, 0) is 20.9 Å². The second kappa shape index (κ2) is 6.82. The van der Waals surface area contributed by atoms with Crippen molar-refractivity contribution in [2.75, 3.05) is 0 Å². The summed E-state index contributed by atoms with van der Waals surface area (Å²) in [5.41, 5.74) is 13.9. The van der Waals surface area contributed by atoms with Gasteiger partial charge in [-0.2, -0.15) is 0 Å². The number of carbonyl (C=O) groups is 2. The van der Waals surface area contributed by atoms with E-state index in [9.17, 15) is 9.59 Å². The van der Waals surface area contributed by atoms with Gasteiger partial charge in [-0.3, -0.25) is 14.6 Å². The predicted molar refractivity (Wildman–Crippen MR) is 81.4 cm³/mol. The van der Waals surface area contributed by atoms with Gasteiger partial charge in [-0.25, -0.2) is 0 Å². The lowest BCUT2D eigenvalue weighted by atomic mass is 10.1. The van der Waals surface area contributed by atoms with E-state index < -0.39 is 17.9 Å². The molecule has 0 bridgehead atoms. The van der Waals surface area contributed by atoms with Gasteiger partial charge in [-0.1, -0.05) is 24.3 Å². The van der Waals surface area contributed by atoms with Gasteiger partial charge in [0.15, 0.2) is 0 Å². The summed E-state index contributed by atoms with van der Waals surface area (Å²) in [4.78, 5) is 26.3. The molecule has 22 heavy (non-hydrogen) atoms. The highest BCUT2D eigenvalue weighted by Crippen LogP contribution is 2.18. The van der Waals surface area contributed by atoms with Crippen molar-refractivity contribution in [2.45, 2.75) is 19.6 Å². The molecule has 0 atom stereocenters. The zero-order valence-electron chi connectivity index (χ0n) is 12.2. The van der Waals surface area contributed by atoms with Crippen LogP contribution >= 0.6 is 0 Å². The molecular formula is C16H17N3O3. The SMILES string of the molecule is Cc1ccnc(-c2ccc(COC(C(N)=O)C(N)=O)cc2)c1. The minimum absolute atomic E-state index is 0.0675. The monoisotopic (exact) mass is 299 g/mol. The Kier molecular flexibility index (Phi) is 4.85. The van der Waals surface area contributed by atoms with Crippen molar-refractivity contribution in [1.29, 1.82) is 0 Å². The van der Waals surface area contributed by atoms with Gasteiger partial charge in [0.2, 0.25) is 6.10 Å². The van der Waals surface area contributed by atoms with E-state index in [0.717, 1.165) is 22.4 Å². The van der Waals surface area contributed by atoms with Crippen LogP contribution < -0.4 is 11.5 Å². The van der Waals surface area contributed by atoms with Crippen molar-refractivity contribution in [3.63, 3.8) is 0 Å². The normalized spacial score (nSPS) is 10.6. The van der Waals surface area contributed by atoms with Gasteiger partial charge in [0.05, 0.1) is 12.3 Å². The Balaban J connectivity index is 2.06. The van der Waals surface area contributed by atoms with Crippen molar-refractivity contribution in [3.8, 4) is 11.3 Å². The maximum Gasteiger partial charge on any atom is 0.256 e. The Hall–Kier alpha value is -2.73. The van der Waals surface area contributed by atoms with Crippen molar-refractivity contribution < 1.29 is 14.3 Å². The first-order valence-electron chi connectivity index (χ1n) is 6.69. The van der Waals surface area contributed by atoms with Crippen molar-refractivity contribution in [2.24, 2.45) is 11.5 Å². The van der Waals surface area contributed by atoms with Crippen LogP contribution in [0.15, 0.2) is 42.6 Å². The van der Waals surface area contributed by atoms with Gasteiger partial charge in [0.25, 0.3) is 11.8 Å². The number of aryl methyl sites for hydroxylation is 1. The molecule has 1 aromatic heterocycles. The summed E-state index contributed by atoms with van der Waals surface area (Å²) in [6.45, 7) is 2.07. The number of hydrogen-bond donors (Lipinski definition) is 2. The van der Waals surface area contributed by atoms with Crippen LogP contribution in [0.1, 0.15) is 11.1 Å². The third kappa shape index (κ3) is 3.89. The quantitative estimate of drug-likeness (QED) is 0.773. The zero-order valence-corrected chi connectivity index (χ0v) is 12.2. The van der Waals surface area contributed by atoms with Crippen molar-refractivity contribution in [3.05, 3.63) is 53.7 Å². The molecule has 2 amide bonds. The van der Waals surface area contributed by atoms with Gasteiger partial charge < -0.3 is 16.2 Å². The van der Waals surface area contributed by atoms with E-state index in [1.165, 1.54) is 0 Å². The maximum absolute atomic E-state index is 11.0. The molecule has 6 heteroatoms. The first-order chi connectivity index (χ1) is 10.5. The molecule has 0 saturated heterocycles. The number of nitrogens with zero attached hydrogens (tertiary/aromatic N) is 1. The summed E-state index contributed by atoms with van der Waals surface area (Å²) in [7, 11) is 0. The third-order valence-corrected chi connectivity index (χ3v) is 3.10. The highest BCUT2D eigenvalue weighted by atomic mass is 16.5. The highest BCUT2D eigenvalue weighted by molar-refractivity contribution is 6.01. The molecule has 1 heterocycles. The second-order valence-corrected chi connectivity index (χ2v) is 4.91. The van der Waals surface area contributed by atoms with Crippen LogP contribution in [0.2, 0.25) is 0 Å². The van der Waals surface area contributed by atoms with E-state index in [0.29, 0.717) is 0 Å². The number of ether oxygens (including phenoxy) is 1. The van der Waals surface area contributed by atoms with Crippen LogP contribution in [-0.4, -0.2) is 22.9 Å². The molecule has 0 aliphatic heterocycles. The smallest absolute Gasteiger partial charge is 0.256 e. The van der Waals surface area contributed by atoms with Crippen LogP contribution in [0.5, 0.6) is 0 Å². The maximum atomic E-state index is 11.0. The Morgan fingerprint density at radius 2 is 1.77 bits per heavy atom. The Bertz CT molecular complexity index is 669. The topological polar surface area (TPSA) is 108 Å². The highest BCUT2D eigenvalue weighted by Gasteiger charge is 2.22.